The van der Waals surface area contributed by atoms with Crippen LogP contribution in [0.3, 0.4) is 0 Å². The smallest absolute Gasteiger partial charge is 0.331 e. The maximum atomic E-state index is 11.7. The van der Waals surface area contributed by atoms with E-state index in [2.05, 4.69) is 6.92 Å². The Bertz CT molecular complexity index is 794. The van der Waals surface area contributed by atoms with Crippen LogP contribution in [0.1, 0.15) is 64.7 Å². The van der Waals surface area contributed by atoms with Crippen molar-refractivity contribution >= 4 is 5.97 Å². The highest BCUT2D eigenvalue weighted by molar-refractivity contribution is 5.85. The van der Waals surface area contributed by atoms with Crippen LogP contribution in [0.25, 0.3) is 0 Å². The van der Waals surface area contributed by atoms with Crippen LogP contribution in [0.5, 0.6) is 0 Å². The van der Waals surface area contributed by atoms with Crippen molar-refractivity contribution in [2.75, 3.05) is 6.61 Å². The lowest BCUT2D eigenvalue weighted by Crippen LogP contribution is -2.67. The first kappa shape index (κ1) is 18.8. The lowest BCUT2D eigenvalue weighted by molar-refractivity contribution is -0.231. The molecule has 0 unspecified atom stereocenters. The summed E-state index contributed by atoms with van der Waals surface area (Å²) in [6.45, 7) is 2.75. The van der Waals surface area contributed by atoms with Gasteiger partial charge in [0.1, 0.15) is 6.61 Å². The highest BCUT2D eigenvalue weighted by Gasteiger charge is 2.79. The van der Waals surface area contributed by atoms with Gasteiger partial charge in [-0.25, -0.2) is 4.79 Å². The van der Waals surface area contributed by atoms with Gasteiger partial charge in [-0.15, -0.1) is 0 Å². The molecular formula is C23H32O6. The monoisotopic (exact) mass is 404 g/mol. The van der Waals surface area contributed by atoms with Gasteiger partial charge in [-0.1, -0.05) is 6.92 Å². The second kappa shape index (κ2) is 5.64. The second-order valence-electron chi connectivity index (χ2n) is 11.0. The van der Waals surface area contributed by atoms with Crippen molar-refractivity contribution in [3.05, 3.63) is 11.6 Å². The van der Waals surface area contributed by atoms with Crippen molar-refractivity contribution in [1.29, 1.82) is 0 Å². The van der Waals surface area contributed by atoms with E-state index >= 15 is 0 Å². The number of carbonyl (C=O) groups is 1. The summed E-state index contributed by atoms with van der Waals surface area (Å²) in [4.78, 5) is 11.7. The van der Waals surface area contributed by atoms with Gasteiger partial charge in [-0.2, -0.15) is 0 Å². The topological polar surface area (TPSA) is 96.2 Å². The first-order valence-electron chi connectivity index (χ1n) is 11.4. The summed E-state index contributed by atoms with van der Waals surface area (Å²) >= 11 is 0. The molecule has 6 heteroatoms. The van der Waals surface area contributed by atoms with Gasteiger partial charge in [-0.05, 0) is 74.2 Å². The Morgan fingerprint density at radius 3 is 2.62 bits per heavy atom. The predicted molar refractivity (Wildman–Crippen MR) is 102 cm³/mol. The number of carbonyl (C=O) groups excluding carboxylic acids is 1. The van der Waals surface area contributed by atoms with E-state index in [1.165, 1.54) is 0 Å². The van der Waals surface area contributed by atoms with E-state index in [1.807, 2.05) is 0 Å². The lowest BCUT2D eigenvalue weighted by atomic mass is 9.42. The largest absolute Gasteiger partial charge is 0.458 e. The highest BCUT2D eigenvalue weighted by Crippen LogP contribution is 2.75. The van der Waals surface area contributed by atoms with Crippen molar-refractivity contribution in [2.45, 2.75) is 88.3 Å². The van der Waals surface area contributed by atoms with Crippen LogP contribution in [0.15, 0.2) is 11.6 Å². The Hall–Kier alpha value is -0.950. The molecule has 5 fully saturated rings. The molecule has 0 amide bonds. The zero-order chi connectivity index (χ0) is 20.2. The maximum absolute atomic E-state index is 11.7. The molecule has 6 nitrogen and oxygen atoms in total. The normalized spacial score (nSPS) is 58.3. The molecule has 6 rings (SSSR count). The molecule has 1 saturated heterocycles. The van der Waals surface area contributed by atoms with Gasteiger partial charge in [0.05, 0.1) is 22.7 Å². The van der Waals surface area contributed by atoms with E-state index in [4.69, 9.17) is 9.47 Å². The molecule has 4 saturated carbocycles. The minimum Gasteiger partial charge on any atom is -0.458 e. The molecule has 0 aromatic heterocycles. The fraction of sp³-hybridized carbons (Fsp3) is 0.870. The molecule has 3 N–H and O–H groups in total. The number of esters is 1. The number of cyclic esters (lactones) is 1. The number of aliphatic hydroxyl groups excluding tert-OH is 2. The van der Waals surface area contributed by atoms with Gasteiger partial charge in [-0.3, -0.25) is 0 Å². The number of hydrogen-bond acceptors (Lipinski definition) is 6. The minimum absolute atomic E-state index is 0.0190. The molecule has 160 valence electrons. The van der Waals surface area contributed by atoms with E-state index < -0.39 is 29.0 Å². The van der Waals surface area contributed by atoms with Crippen LogP contribution in [-0.2, 0) is 14.3 Å². The zero-order valence-corrected chi connectivity index (χ0v) is 17.1. The van der Waals surface area contributed by atoms with Crippen molar-refractivity contribution < 1.29 is 29.6 Å². The van der Waals surface area contributed by atoms with Gasteiger partial charge in [0, 0.05) is 18.4 Å². The van der Waals surface area contributed by atoms with Crippen LogP contribution in [0.2, 0.25) is 0 Å². The van der Waals surface area contributed by atoms with E-state index in [0.717, 1.165) is 37.7 Å². The molecule has 2 heterocycles. The van der Waals surface area contributed by atoms with Gasteiger partial charge in [0.25, 0.3) is 0 Å². The Morgan fingerprint density at radius 2 is 1.86 bits per heavy atom. The summed E-state index contributed by atoms with van der Waals surface area (Å²) in [7, 11) is 0. The summed E-state index contributed by atoms with van der Waals surface area (Å²) in [6, 6.07) is 0. The maximum Gasteiger partial charge on any atom is 0.331 e. The van der Waals surface area contributed by atoms with Crippen molar-refractivity contribution in [2.24, 2.45) is 28.6 Å². The number of fused-ring (bicyclic) bond motifs is 1. The molecule has 6 aliphatic rings. The molecule has 0 aromatic carbocycles. The Morgan fingerprint density at radius 1 is 1.03 bits per heavy atom. The fourth-order valence-corrected chi connectivity index (χ4v) is 9.19. The molecule has 9 atom stereocenters. The van der Waals surface area contributed by atoms with Crippen LogP contribution in [0, 0.1) is 28.6 Å². The summed E-state index contributed by atoms with van der Waals surface area (Å²) in [5.74, 6) is 0.527. The Balaban J connectivity index is 1.40. The SMILES string of the molecule is C[C@@]12CC[C@@H]3[C@]4(CC[C@@]5(O)C[C@@H](O)CC[C@@]35[C@H](O)O4)[C@H]1CC[C@H]2C1=CC(=O)OC1. The van der Waals surface area contributed by atoms with Crippen LogP contribution >= 0.6 is 0 Å². The summed E-state index contributed by atoms with van der Waals surface area (Å²) in [5.41, 5.74) is -0.967. The number of rotatable bonds is 1. The van der Waals surface area contributed by atoms with Gasteiger partial charge in [0.15, 0.2) is 6.29 Å². The summed E-state index contributed by atoms with van der Waals surface area (Å²) in [6.07, 6.45) is 7.10. The third-order valence-corrected chi connectivity index (χ3v) is 10.3. The molecule has 0 radical (unpaired) electrons. The first-order valence-corrected chi connectivity index (χ1v) is 11.4. The Labute approximate surface area is 171 Å². The number of aliphatic hydroxyl groups is 3. The highest BCUT2D eigenvalue weighted by atomic mass is 16.6. The van der Waals surface area contributed by atoms with Crippen molar-refractivity contribution in [1.82, 2.24) is 0 Å². The Kier molecular flexibility index (Phi) is 3.65. The van der Waals surface area contributed by atoms with E-state index in [9.17, 15) is 20.1 Å². The molecule has 29 heavy (non-hydrogen) atoms. The van der Waals surface area contributed by atoms with Crippen molar-refractivity contribution in [3.63, 3.8) is 0 Å². The van der Waals surface area contributed by atoms with Crippen LogP contribution in [-0.4, -0.2) is 51.5 Å². The van der Waals surface area contributed by atoms with Gasteiger partial charge < -0.3 is 24.8 Å². The van der Waals surface area contributed by atoms with Gasteiger partial charge >= 0.3 is 5.97 Å². The van der Waals surface area contributed by atoms with Crippen molar-refractivity contribution in [3.8, 4) is 0 Å². The van der Waals surface area contributed by atoms with Gasteiger partial charge in [0.2, 0.25) is 0 Å². The zero-order valence-electron chi connectivity index (χ0n) is 17.1. The average Bonchev–Trinajstić information content (AvgIpc) is 3.29. The van der Waals surface area contributed by atoms with Crippen LogP contribution < -0.4 is 0 Å². The van der Waals surface area contributed by atoms with Crippen LogP contribution in [0.4, 0.5) is 0 Å². The third kappa shape index (κ3) is 2.05. The second-order valence-corrected chi connectivity index (χ2v) is 11.0. The molecular weight excluding hydrogens is 372 g/mol. The van der Waals surface area contributed by atoms with E-state index in [1.54, 1.807) is 6.08 Å². The van der Waals surface area contributed by atoms with E-state index in [-0.39, 0.29) is 17.3 Å². The average molecular weight is 405 g/mol. The molecule has 2 aliphatic heterocycles. The van der Waals surface area contributed by atoms with E-state index in [0.29, 0.717) is 44.1 Å². The fourth-order valence-electron chi connectivity index (χ4n) is 9.19. The quantitative estimate of drug-likeness (QED) is 0.579. The number of hydrogen-bond donors (Lipinski definition) is 3. The standard InChI is InChI=1S/C23H32O6/c1-20-6-5-17-22-7-4-14(24)11-21(22,27)8-9-23(17,29-19(22)26)16(20)3-2-15(20)13-10-18(25)28-12-13/h10,14-17,19,24,26-27H,2-9,11-12H2,1H3/t14-,15-,16-,17-,19+,20-,21+,22-,23-/m0/s1. The summed E-state index contributed by atoms with van der Waals surface area (Å²) < 4.78 is 11.8. The molecule has 4 aliphatic carbocycles. The lowest BCUT2D eigenvalue weighted by Gasteiger charge is -2.63. The minimum atomic E-state index is -1.05. The number of ether oxygens (including phenoxy) is 2. The molecule has 1 spiro atoms. The summed E-state index contributed by atoms with van der Waals surface area (Å²) in [5, 5.41) is 33.1. The molecule has 2 bridgehead atoms. The molecule has 0 aromatic rings. The first-order chi connectivity index (χ1) is 13.8. The third-order valence-electron chi connectivity index (χ3n) is 10.3. The predicted octanol–water partition coefficient (Wildman–Crippen LogP) is 2.06.